The van der Waals surface area contributed by atoms with Gasteiger partial charge in [-0.15, -0.1) is 23.7 Å². The fraction of sp³-hybridized carbons (Fsp3) is 0.600. The molecular formula is C10H16ClN3OS. The van der Waals surface area contributed by atoms with E-state index < -0.39 is 0 Å². The molecule has 0 aromatic carbocycles. The summed E-state index contributed by atoms with van der Waals surface area (Å²) in [5.74, 6) is 0.248. The van der Waals surface area contributed by atoms with Gasteiger partial charge >= 0.3 is 0 Å². The Balaban J connectivity index is 0.00000128. The van der Waals surface area contributed by atoms with Crippen LogP contribution >= 0.6 is 23.7 Å². The van der Waals surface area contributed by atoms with Gasteiger partial charge in [0.15, 0.2) is 0 Å². The predicted octanol–water partition coefficient (Wildman–Crippen LogP) is 1.14. The average molecular weight is 262 g/mol. The van der Waals surface area contributed by atoms with Crippen LogP contribution in [0.3, 0.4) is 0 Å². The number of carbonyl (C=O) groups is 1. The van der Waals surface area contributed by atoms with Crippen molar-refractivity contribution >= 4 is 29.7 Å². The Morgan fingerprint density at radius 2 is 2.31 bits per heavy atom. The van der Waals surface area contributed by atoms with Crippen molar-refractivity contribution in [3.63, 3.8) is 0 Å². The van der Waals surface area contributed by atoms with Gasteiger partial charge in [0.2, 0.25) is 5.91 Å². The van der Waals surface area contributed by atoms with Crippen LogP contribution in [0.25, 0.3) is 0 Å². The molecule has 2 N–H and O–H groups in total. The first-order valence-corrected chi connectivity index (χ1v) is 5.90. The molecule has 90 valence electrons. The molecule has 1 fully saturated rings. The largest absolute Gasteiger partial charge is 0.344 e. The average Bonchev–Trinajstić information content (AvgIpc) is 2.49. The van der Waals surface area contributed by atoms with E-state index in [-0.39, 0.29) is 29.8 Å². The van der Waals surface area contributed by atoms with Gasteiger partial charge in [0.1, 0.15) is 5.01 Å². The molecule has 0 saturated carbocycles. The zero-order chi connectivity index (χ0) is 10.9. The van der Waals surface area contributed by atoms with Gasteiger partial charge in [-0.05, 0) is 13.8 Å². The van der Waals surface area contributed by atoms with Crippen molar-refractivity contribution < 1.29 is 4.79 Å². The molecule has 0 bridgehead atoms. The number of carbonyl (C=O) groups excluding carboxylic acids is 1. The third-order valence-corrected chi connectivity index (χ3v) is 3.65. The minimum Gasteiger partial charge on any atom is -0.344 e. The first-order valence-electron chi connectivity index (χ1n) is 5.02. The fourth-order valence-corrected chi connectivity index (χ4v) is 2.19. The van der Waals surface area contributed by atoms with Crippen molar-refractivity contribution in [3.05, 3.63) is 16.6 Å². The summed E-state index contributed by atoms with van der Waals surface area (Å²) in [4.78, 5) is 16.0. The Morgan fingerprint density at radius 3 is 2.75 bits per heavy atom. The normalized spacial score (nSPS) is 16.1. The lowest BCUT2D eigenvalue weighted by Gasteiger charge is -2.31. The third-order valence-electron chi connectivity index (χ3n) is 2.55. The zero-order valence-corrected chi connectivity index (χ0v) is 11.0. The maximum Gasteiger partial charge on any atom is 0.226 e. The number of nitrogens with one attached hydrogen (secondary N) is 2. The number of hydrogen-bond donors (Lipinski definition) is 2. The zero-order valence-electron chi connectivity index (χ0n) is 9.32. The Bertz CT molecular complexity index is 349. The molecular weight excluding hydrogens is 246 g/mol. The number of amides is 1. The summed E-state index contributed by atoms with van der Waals surface area (Å²) in [6.07, 6.45) is 1.76. The molecule has 1 aromatic heterocycles. The van der Waals surface area contributed by atoms with Gasteiger partial charge in [-0.1, -0.05) is 0 Å². The van der Waals surface area contributed by atoms with Gasteiger partial charge in [0.25, 0.3) is 0 Å². The molecule has 16 heavy (non-hydrogen) atoms. The van der Waals surface area contributed by atoms with E-state index in [1.54, 1.807) is 17.5 Å². The predicted molar refractivity (Wildman–Crippen MR) is 66.9 cm³/mol. The van der Waals surface area contributed by atoms with Crippen molar-refractivity contribution in [2.75, 3.05) is 13.1 Å². The number of nitrogens with zero attached hydrogens (tertiary/aromatic N) is 1. The minimum atomic E-state index is -0.360. The third kappa shape index (κ3) is 2.72. The van der Waals surface area contributed by atoms with Crippen molar-refractivity contribution in [2.45, 2.75) is 19.4 Å². The quantitative estimate of drug-likeness (QED) is 0.858. The second-order valence-electron chi connectivity index (χ2n) is 4.31. The summed E-state index contributed by atoms with van der Waals surface area (Å²) in [6.45, 7) is 5.55. The summed E-state index contributed by atoms with van der Waals surface area (Å²) in [5, 5.41) is 8.99. The molecule has 1 saturated heterocycles. The smallest absolute Gasteiger partial charge is 0.226 e. The molecule has 0 aliphatic carbocycles. The SMILES string of the molecule is CC(C)(NC(=O)C1CNC1)c1nccs1.Cl. The summed E-state index contributed by atoms with van der Waals surface area (Å²) < 4.78 is 0. The molecule has 1 aliphatic rings. The van der Waals surface area contributed by atoms with Crippen LogP contribution in [0.5, 0.6) is 0 Å². The Labute approximate surface area is 105 Å². The topological polar surface area (TPSA) is 54.0 Å². The van der Waals surface area contributed by atoms with Crippen LogP contribution in [0.1, 0.15) is 18.9 Å². The van der Waals surface area contributed by atoms with E-state index in [9.17, 15) is 4.79 Å². The van der Waals surface area contributed by atoms with E-state index in [0.29, 0.717) is 0 Å². The molecule has 1 aliphatic heterocycles. The second kappa shape index (κ2) is 5.12. The molecule has 1 aromatic rings. The highest BCUT2D eigenvalue weighted by Gasteiger charge is 2.31. The number of rotatable bonds is 3. The van der Waals surface area contributed by atoms with Crippen LogP contribution < -0.4 is 10.6 Å². The van der Waals surface area contributed by atoms with Crippen LogP contribution in [0.15, 0.2) is 11.6 Å². The van der Waals surface area contributed by atoms with E-state index >= 15 is 0 Å². The van der Waals surface area contributed by atoms with Gasteiger partial charge in [-0.2, -0.15) is 0 Å². The van der Waals surface area contributed by atoms with Crippen LogP contribution in [0.2, 0.25) is 0 Å². The summed E-state index contributed by atoms with van der Waals surface area (Å²) >= 11 is 1.57. The van der Waals surface area contributed by atoms with Crippen LogP contribution in [-0.2, 0) is 10.3 Å². The van der Waals surface area contributed by atoms with Crippen molar-refractivity contribution in [1.29, 1.82) is 0 Å². The molecule has 4 nitrogen and oxygen atoms in total. The summed E-state index contributed by atoms with van der Waals surface area (Å²) in [5.41, 5.74) is -0.360. The van der Waals surface area contributed by atoms with Gasteiger partial charge in [0, 0.05) is 24.7 Å². The van der Waals surface area contributed by atoms with E-state index in [0.717, 1.165) is 18.1 Å². The first kappa shape index (κ1) is 13.4. The van der Waals surface area contributed by atoms with E-state index in [1.165, 1.54) is 0 Å². The van der Waals surface area contributed by atoms with E-state index in [4.69, 9.17) is 0 Å². The number of hydrogen-bond acceptors (Lipinski definition) is 4. The highest BCUT2D eigenvalue weighted by molar-refractivity contribution is 7.09. The lowest BCUT2D eigenvalue weighted by atomic mass is 9.99. The standard InChI is InChI=1S/C10H15N3OS.ClH/c1-10(2,9-12-3-4-15-9)13-8(14)7-5-11-6-7;/h3-4,7,11H,5-6H2,1-2H3,(H,13,14);1H. The highest BCUT2D eigenvalue weighted by Crippen LogP contribution is 2.22. The van der Waals surface area contributed by atoms with E-state index in [2.05, 4.69) is 15.6 Å². The van der Waals surface area contributed by atoms with Gasteiger partial charge in [-0.3, -0.25) is 4.79 Å². The molecule has 2 heterocycles. The van der Waals surface area contributed by atoms with Gasteiger partial charge in [-0.25, -0.2) is 4.98 Å². The van der Waals surface area contributed by atoms with E-state index in [1.807, 2.05) is 19.2 Å². The molecule has 2 rings (SSSR count). The maximum absolute atomic E-state index is 11.8. The van der Waals surface area contributed by atoms with Crippen LogP contribution in [0.4, 0.5) is 0 Å². The maximum atomic E-state index is 11.8. The fourth-order valence-electron chi connectivity index (χ4n) is 1.47. The lowest BCUT2D eigenvalue weighted by molar-refractivity contribution is -0.128. The van der Waals surface area contributed by atoms with Gasteiger partial charge in [0.05, 0.1) is 11.5 Å². The lowest BCUT2D eigenvalue weighted by Crippen LogP contribution is -2.54. The molecule has 0 unspecified atom stereocenters. The van der Waals surface area contributed by atoms with Crippen LogP contribution in [-0.4, -0.2) is 24.0 Å². The van der Waals surface area contributed by atoms with Crippen molar-refractivity contribution in [2.24, 2.45) is 5.92 Å². The van der Waals surface area contributed by atoms with Crippen molar-refractivity contribution in [3.8, 4) is 0 Å². The van der Waals surface area contributed by atoms with Crippen molar-refractivity contribution in [1.82, 2.24) is 15.6 Å². The monoisotopic (exact) mass is 261 g/mol. The number of thiazole rings is 1. The molecule has 0 atom stereocenters. The number of aromatic nitrogens is 1. The first-order chi connectivity index (χ1) is 7.09. The van der Waals surface area contributed by atoms with Gasteiger partial charge < -0.3 is 10.6 Å². The Kier molecular flexibility index (Phi) is 4.29. The van der Waals surface area contributed by atoms with Crippen LogP contribution in [0, 0.1) is 5.92 Å². The number of halogens is 1. The molecule has 6 heteroatoms. The molecule has 1 amide bonds. The Morgan fingerprint density at radius 1 is 1.62 bits per heavy atom. The minimum absolute atomic E-state index is 0. The molecule has 0 spiro atoms. The molecule has 0 radical (unpaired) electrons. The summed E-state index contributed by atoms with van der Waals surface area (Å²) in [6, 6.07) is 0. The highest BCUT2D eigenvalue weighted by atomic mass is 35.5. The summed E-state index contributed by atoms with van der Waals surface area (Å²) in [7, 11) is 0. The Hall–Kier alpha value is -0.650. The second-order valence-corrected chi connectivity index (χ2v) is 5.20.